The van der Waals surface area contributed by atoms with Crippen molar-refractivity contribution in [1.29, 1.82) is 5.26 Å². The van der Waals surface area contributed by atoms with Crippen LogP contribution in [-0.2, 0) is 0 Å². The molecule has 1 rings (SSSR count). The maximum Gasteiger partial charge on any atom is 0.335 e. The first-order valence-corrected chi connectivity index (χ1v) is 4.38. The normalized spacial score (nSPS) is 10.5. The number of benzene rings is 1. The molecular formula is C11H11NO3. The van der Waals surface area contributed by atoms with Gasteiger partial charge in [0.2, 0.25) is 0 Å². The maximum atomic E-state index is 10.6. The SMILES string of the molecule is CC(C)(C#N)Oc1ccc(C(=O)O)cc1. The highest BCUT2D eigenvalue weighted by molar-refractivity contribution is 5.87. The van der Waals surface area contributed by atoms with E-state index < -0.39 is 11.6 Å². The first-order valence-electron chi connectivity index (χ1n) is 4.38. The molecule has 0 unspecified atom stereocenters. The number of carbonyl (C=O) groups is 1. The molecule has 15 heavy (non-hydrogen) atoms. The van der Waals surface area contributed by atoms with Gasteiger partial charge in [-0.25, -0.2) is 4.79 Å². The minimum Gasteiger partial charge on any atom is -0.478 e. The fourth-order valence-electron chi connectivity index (χ4n) is 0.983. The Balaban J connectivity index is 2.83. The molecule has 1 N–H and O–H groups in total. The van der Waals surface area contributed by atoms with Gasteiger partial charge < -0.3 is 9.84 Å². The van der Waals surface area contributed by atoms with Gasteiger partial charge in [0, 0.05) is 0 Å². The first kappa shape index (κ1) is 11.1. The molecule has 0 aliphatic rings. The second-order valence-corrected chi connectivity index (χ2v) is 3.55. The molecule has 0 aliphatic carbocycles. The Hall–Kier alpha value is -2.02. The zero-order valence-electron chi connectivity index (χ0n) is 8.52. The summed E-state index contributed by atoms with van der Waals surface area (Å²) in [5.74, 6) is -0.507. The van der Waals surface area contributed by atoms with Crippen LogP contribution in [-0.4, -0.2) is 16.7 Å². The molecular weight excluding hydrogens is 194 g/mol. The van der Waals surface area contributed by atoms with E-state index in [4.69, 9.17) is 15.1 Å². The summed E-state index contributed by atoms with van der Waals surface area (Å²) in [7, 11) is 0. The number of carboxylic acids is 1. The molecule has 0 heterocycles. The molecule has 0 radical (unpaired) electrons. The Morgan fingerprint density at radius 2 is 1.93 bits per heavy atom. The van der Waals surface area contributed by atoms with Gasteiger partial charge in [0.05, 0.1) is 5.56 Å². The van der Waals surface area contributed by atoms with Crippen molar-refractivity contribution >= 4 is 5.97 Å². The van der Waals surface area contributed by atoms with Gasteiger partial charge in [-0.1, -0.05) is 0 Å². The van der Waals surface area contributed by atoms with E-state index in [2.05, 4.69) is 0 Å². The summed E-state index contributed by atoms with van der Waals surface area (Å²) in [6.45, 7) is 3.27. The number of nitrogens with zero attached hydrogens (tertiary/aromatic N) is 1. The van der Waals surface area contributed by atoms with Gasteiger partial charge in [0.15, 0.2) is 5.60 Å². The predicted molar refractivity (Wildman–Crippen MR) is 53.7 cm³/mol. The summed E-state index contributed by atoms with van der Waals surface area (Å²) < 4.78 is 5.33. The van der Waals surface area contributed by atoms with Crippen LogP contribution in [0.4, 0.5) is 0 Å². The second kappa shape index (κ2) is 4.01. The van der Waals surface area contributed by atoms with Crippen molar-refractivity contribution in [3.8, 4) is 11.8 Å². The maximum absolute atomic E-state index is 10.6. The van der Waals surface area contributed by atoms with Gasteiger partial charge in [0.25, 0.3) is 0 Å². The molecule has 78 valence electrons. The molecule has 0 aromatic heterocycles. The van der Waals surface area contributed by atoms with Crippen LogP contribution in [0, 0.1) is 11.3 Å². The summed E-state index contributed by atoms with van der Waals surface area (Å²) >= 11 is 0. The lowest BCUT2D eigenvalue weighted by atomic mass is 10.1. The monoisotopic (exact) mass is 205 g/mol. The van der Waals surface area contributed by atoms with Crippen molar-refractivity contribution in [2.45, 2.75) is 19.4 Å². The highest BCUT2D eigenvalue weighted by atomic mass is 16.5. The largest absolute Gasteiger partial charge is 0.478 e. The Morgan fingerprint density at radius 3 is 2.33 bits per heavy atom. The lowest BCUT2D eigenvalue weighted by Gasteiger charge is -2.17. The molecule has 0 atom stereocenters. The third kappa shape index (κ3) is 2.99. The number of carboxylic acid groups (broad SMARTS) is 1. The van der Waals surface area contributed by atoms with E-state index >= 15 is 0 Å². The summed E-state index contributed by atoms with van der Waals surface area (Å²) in [6.07, 6.45) is 0. The molecule has 0 fully saturated rings. The van der Waals surface area contributed by atoms with E-state index in [1.807, 2.05) is 6.07 Å². The Morgan fingerprint density at radius 1 is 1.40 bits per heavy atom. The number of hydrogen-bond donors (Lipinski definition) is 1. The zero-order valence-corrected chi connectivity index (χ0v) is 8.52. The Kier molecular flexibility index (Phi) is 2.96. The molecule has 0 amide bonds. The van der Waals surface area contributed by atoms with Crippen molar-refractivity contribution in [2.24, 2.45) is 0 Å². The van der Waals surface area contributed by atoms with Crippen LogP contribution in [0.25, 0.3) is 0 Å². The summed E-state index contributed by atoms with van der Waals surface area (Å²) in [5, 5.41) is 17.4. The quantitative estimate of drug-likeness (QED) is 0.819. The summed E-state index contributed by atoms with van der Waals surface area (Å²) in [4.78, 5) is 10.6. The highest BCUT2D eigenvalue weighted by Gasteiger charge is 2.18. The van der Waals surface area contributed by atoms with Crippen molar-refractivity contribution in [2.75, 3.05) is 0 Å². The van der Waals surface area contributed by atoms with Gasteiger partial charge in [-0.2, -0.15) is 5.26 Å². The van der Waals surface area contributed by atoms with Crippen molar-refractivity contribution in [3.63, 3.8) is 0 Å². The number of ether oxygens (including phenoxy) is 1. The van der Waals surface area contributed by atoms with E-state index in [9.17, 15) is 4.79 Å². The zero-order chi connectivity index (χ0) is 11.5. The fraction of sp³-hybridized carbons (Fsp3) is 0.273. The molecule has 0 aliphatic heterocycles. The van der Waals surface area contributed by atoms with Crippen LogP contribution in [0.5, 0.6) is 5.75 Å². The Bertz CT molecular complexity index is 401. The fourth-order valence-corrected chi connectivity index (χ4v) is 0.983. The molecule has 1 aromatic carbocycles. The van der Waals surface area contributed by atoms with Crippen molar-refractivity contribution in [1.82, 2.24) is 0 Å². The average molecular weight is 205 g/mol. The van der Waals surface area contributed by atoms with E-state index in [-0.39, 0.29) is 5.56 Å². The minimum atomic E-state index is -0.985. The molecule has 4 nitrogen and oxygen atoms in total. The lowest BCUT2D eigenvalue weighted by molar-refractivity contribution is 0.0697. The van der Waals surface area contributed by atoms with Gasteiger partial charge in [-0.3, -0.25) is 0 Å². The molecule has 0 saturated carbocycles. The minimum absolute atomic E-state index is 0.192. The molecule has 0 bridgehead atoms. The van der Waals surface area contributed by atoms with Crippen LogP contribution in [0.15, 0.2) is 24.3 Å². The van der Waals surface area contributed by atoms with Crippen LogP contribution >= 0.6 is 0 Å². The number of rotatable bonds is 3. The van der Waals surface area contributed by atoms with Gasteiger partial charge in [-0.15, -0.1) is 0 Å². The van der Waals surface area contributed by atoms with Gasteiger partial charge in [0.1, 0.15) is 11.8 Å². The first-order chi connectivity index (χ1) is 6.94. The Labute approximate surface area is 87.7 Å². The van der Waals surface area contributed by atoms with E-state index in [0.29, 0.717) is 5.75 Å². The summed E-state index contributed by atoms with van der Waals surface area (Å²) in [5.41, 5.74) is -0.720. The number of hydrogen-bond acceptors (Lipinski definition) is 3. The van der Waals surface area contributed by atoms with Crippen LogP contribution in [0.2, 0.25) is 0 Å². The molecule has 4 heteroatoms. The van der Waals surface area contributed by atoms with Crippen LogP contribution in [0.3, 0.4) is 0 Å². The predicted octanol–water partition coefficient (Wildman–Crippen LogP) is 2.07. The van der Waals surface area contributed by atoms with Crippen LogP contribution in [0.1, 0.15) is 24.2 Å². The smallest absolute Gasteiger partial charge is 0.335 e. The van der Waals surface area contributed by atoms with Crippen molar-refractivity contribution < 1.29 is 14.6 Å². The number of nitriles is 1. The standard InChI is InChI=1S/C11H11NO3/c1-11(2,7-12)15-9-5-3-8(4-6-9)10(13)14/h3-6H,1-2H3,(H,13,14). The van der Waals surface area contributed by atoms with E-state index in [1.54, 1.807) is 13.8 Å². The van der Waals surface area contributed by atoms with Gasteiger partial charge >= 0.3 is 5.97 Å². The lowest BCUT2D eigenvalue weighted by Crippen LogP contribution is -2.25. The topological polar surface area (TPSA) is 70.3 Å². The van der Waals surface area contributed by atoms with E-state index in [1.165, 1.54) is 24.3 Å². The summed E-state index contributed by atoms with van der Waals surface area (Å²) in [6, 6.07) is 7.92. The third-order valence-corrected chi connectivity index (χ3v) is 1.74. The van der Waals surface area contributed by atoms with Gasteiger partial charge in [-0.05, 0) is 38.1 Å². The third-order valence-electron chi connectivity index (χ3n) is 1.74. The van der Waals surface area contributed by atoms with Crippen LogP contribution < -0.4 is 4.74 Å². The van der Waals surface area contributed by atoms with E-state index in [0.717, 1.165) is 0 Å². The molecule has 0 spiro atoms. The van der Waals surface area contributed by atoms with Crippen molar-refractivity contribution in [3.05, 3.63) is 29.8 Å². The average Bonchev–Trinajstić information content (AvgIpc) is 2.18. The number of aromatic carboxylic acids is 1. The molecule has 1 aromatic rings. The molecule has 0 saturated heterocycles. The second-order valence-electron chi connectivity index (χ2n) is 3.55. The highest BCUT2D eigenvalue weighted by Crippen LogP contribution is 2.18.